The Morgan fingerprint density at radius 1 is 0.864 bits per heavy atom. The first-order chi connectivity index (χ1) is 10.4. The van der Waals surface area contributed by atoms with Crippen LogP contribution in [0.5, 0.6) is 5.75 Å². The predicted molar refractivity (Wildman–Crippen MR) is 83.5 cm³/mol. The minimum atomic E-state index is -3.90. The number of rotatable bonds is 6. The number of phenols is 1. The van der Waals surface area contributed by atoms with Crippen LogP contribution < -0.4 is 0 Å². The molecule has 2 rings (SSSR count). The molecule has 22 heavy (non-hydrogen) atoms. The van der Waals surface area contributed by atoms with Crippen molar-refractivity contribution in [2.24, 2.45) is 10.2 Å². The highest BCUT2D eigenvalue weighted by Crippen LogP contribution is 2.21. The van der Waals surface area contributed by atoms with Crippen LogP contribution >= 0.6 is 0 Å². The average molecular weight is 320 g/mol. The predicted octanol–water partition coefficient (Wildman–Crippen LogP) is 3.63. The molecule has 116 valence electrons. The van der Waals surface area contributed by atoms with Gasteiger partial charge in [0.15, 0.2) is 0 Å². The first kappa shape index (κ1) is 16.1. The van der Waals surface area contributed by atoms with Gasteiger partial charge in [-0.2, -0.15) is 18.6 Å². The molecule has 6 nitrogen and oxygen atoms in total. The minimum absolute atomic E-state index is 0.174. The van der Waals surface area contributed by atoms with Gasteiger partial charge in [0.25, 0.3) is 10.1 Å². The van der Waals surface area contributed by atoms with Crippen LogP contribution in [0.25, 0.3) is 0 Å². The molecule has 0 amide bonds. The molecule has 0 saturated carbocycles. The molecule has 0 heterocycles. The fourth-order valence-corrected chi connectivity index (χ4v) is 2.33. The van der Waals surface area contributed by atoms with E-state index >= 15 is 0 Å². The molecule has 0 aliphatic carbocycles. The van der Waals surface area contributed by atoms with E-state index in [2.05, 4.69) is 10.2 Å². The highest BCUT2D eigenvalue weighted by atomic mass is 32.2. The van der Waals surface area contributed by atoms with Gasteiger partial charge in [0, 0.05) is 0 Å². The largest absolute Gasteiger partial charge is 0.508 e. The van der Waals surface area contributed by atoms with Gasteiger partial charge in [-0.25, -0.2) is 0 Å². The molecule has 0 spiro atoms. The number of aromatic hydroxyl groups is 1. The number of benzene rings is 2. The molecule has 0 unspecified atom stereocenters. The lowest BCUT2D eigenvalue weighted by Crippen LogP contribution is -2.04. The van der Waals surface area contributed by atoms with Crippen LogP contribution in [0.4, 0.5) is 11.4 Å². The Hall–Kier alpha value is -2.25. The Bertz CT molecular complexity index is 738. The SMILES string of the molecule is O=S(=O)(O)CCCc1ccc(N=Nc2ccc(O)cc2)cc1. The average Bonchev–Trinajstić information content (AvgIpc) is 2.47. The van der Waals surface area contributed by atoms with Gasteiger partial charge < -0.3 is 5.11 Å². The fourth-order valence-electron chi connectivity index (χ4n) is 1.82. The highest BCUT2D eigenvalue weighted by molar-refractivity contribution is 7.85. The molecule has 0 aliphatic heterocycles. The maximum atomic E-state index is 10.6. The third kappa shape index (κ3) is 5.63. The number of hydrogen-bond acceptors (Lipinski definition) is 5. The molecule has 0 bridgehead atoms. The minimum Gasteiger partial charge on any atom is -0.508 e. The van der Waals surface area contributed by atoms with E-state index in [-0.39, 0.29) is 11.5 Å². The van der Waals surface area contributed by atoms with Crippen molar-refractivity contribution >= 4 is 21.5 Å². The summed E-state index contributed by atoms with van der Waals surface area (Å²) in [4.78, 5) is 0. The number of nitrogens with zero attached hydrogens (tertiary/aromatic N) is 2. The Kier molecular flexibility index (Phi) is 5.24. The summed E-state index contributed by atoms with van der Waals surface area (Å²) in [5, 5.41) is 17.3. The third-order valence-electron chi connectivity index (χ3n) is 2.93. The van der Waals surface area contributed by atoms with E-state index in [1.54, 1.807) is 24.3 Å². The molecule has 0 radical (unpaired) electrons. The van der Waals surface area contributed by atoms with E-state index in [1.165, 1.54) is 12.1 Å². The van der Waals surface area contributed by atoms with E-state index in [0.717, 1.165) is 5.56 Å². The first-order valence-electron chi connectivity index (χ1n) is 6.67. The first-order valence-corrected chi connectivity index (χ1v) is 8.28. The van der Waals surface area contributed by atoms with E-state index in [4.69, 9.17) is 9.66 Å². The standard InChI is InChI=1S/C15H16N2O4S/c18-15-9-7-14(8-10-15)17-16-13-5-3-12(4-6-13)2-1-11-22(19,20)21/h3-10,18H,1-2,11H2,(H,19,20,21). The maximum absolute atomic E-state index is 10.6. The maximum Gasteiger partial charge on any atom is 0.264 e. The van der Waals surface area contributed by atoms with Crippen molar-refractivity contribution in [1.29, 1.82) is 0 Å². The van der Waals surface area contributed by atoms with Gasteiger partial charge in [-0.1, -0.05) is 12.1 Å². The van der Waals surface area contributed by atoms with Crippen LogP contribution in [-0.2, 0) is 16.5 Å². The summed E-state index contributed by atoms with van der Waals surface area (Å²) in [5.74, 6) is -0.0665. The van der Waals surface area contributed by atoms with Gasteiger partial charge in [-0.3, -0.25) is 4.55 Å². The smallest absolute Gasteiger partial charge is 0.264 e. The van der Waals surface area contributed by atoms with Crippen molar-refractivity contribution in [3.05, 3.63) is 54.1 Å². The molecule has 0 aliphatic rings. The Balaban J connectivity index is 1.92. The second kappa shape index (κ2) is 7.15. The Labute approximate surface area is 128 Å². The van der Waals surface area contributed by atoms with E-state index in [0.29, 0.717) is 24.2 Å². The molecule has 0 aromatic heterocycles. The van der Waals surface area contributed by atoms with Crippen LogP contribution in [0, 0.1) is 0 Å². The molecule has 2 N–H and O–H groups in total. The summed E-state index contributed by atoms with van der Waals surface area (Å²) in [6.07, 6.45) is 0.933. The number of hydrogen-bond donors (Lipinski definition) is 2. The fraction of sp³-hybridized carbons (Fsp3) is 0.200. The van der Waals surface area contributed by atoms with Gasteiger partial charge in [-0.15, -0.1) is 0 Å². The molecule has 0 saturated heterocycles. The number of aryl methyl sites for hydroxylation is 1. The second-order valence-electron chi connectivity index (χ2n) is 4.77. The normalized spacial score (nSPS) is 11.9. The summed E-state index contributed by atoms with van der Waals surface area (Å²) in [7, 11) is -3.90. The van der Waals surface area contributed by atoms with E-state index in [9.17, 15) is 8.42 Å². The highest BCUT2D eigenvalue weighted by Gasteiger charge is 2.04. The van der Waals surface area contributed by atoms with Gasteiger partial charge in [0.2, 0.25) is 0 Å². The molecular formula is C15H16N2O4S. The van der Waals surface area contributed by atoms with Gasteiger partial charge in [0.1, 0.15) is 5.75 Å². The van der Waals surface area contributed by atoms with Crippen LogP contribution in [0.1, 0.15) is 12.0 Å². The van der Waals surface area contributed by atoms with Gasteiger partial charge >= 0.3 is 0 Å². The van der Waals surface area contributed by atoms with Gasteiger partial charge in [-0.05, 0) is 54.8 Å². The molecule has 2 aromatic rings. The van der Waals surface area contributed by atoms with Crippen molar-refractivity contribution in [3.63, 3.8) is 0 Å². The third-order valence-corrected chi connectivity index (χ3v) is 3.74. The summed E-state index contributed by atoms with van der Waals surface area (Å²) in [6.45, 7) is 0. The zero-order valence-corrected chi connectivity index (χ0v) is 12.6. The zero-order valence-electron chi connectivity index (χ0n) is 11.8. The molecule has 0 atom stereocenters. The van der Waals surface area contributed by atoms with E-state index in [1.807, 2.05) is 12.1 Å². The van der Waals surface area contributed by atoms with Crippen LogP contribution in [0.15, 0.2) is 58.8 Å². The Morgan fingerprint density at radius 3 is 1.86 bits per heavy atom. The Morgan fingerprint density at radius 2 is 1.36 bits per heavy atom. The monoisotopic (exact) mass is 320 g/mol. The van der Waals surface area contributed by atoms with Crippen molar-refractivity contribution in [1.82, 2.24) is 0 Å². The lowest BCUT2D eigenvalue weighted by atomic mass is 10.1. The molecule has 2 aromatic carbocycles. The lowest BCUT2D eigenvalue weighted by molar-refractivity contribution is 0.475. The van der Waals surface area contributed by atoms with Crippen molar-refractivity contribution < 1.29 is 18.1 Å². The summed E-state index contributed by atoms with van der Waals surface area (Å²) < 4.78 is 29.9. The lowest BCUT2D eigenvalue weighted by Gasteiger charge is -2.01. The van der Waals surface area contributed by atoms with Crippen LogP contribution in [-0.4, -0.2) is 23.8 Å². The second-order valence-corrected chi connectivity index (χ2v) is 6.34. The van der Waals surface area contributed by atoms with Gasteiger partial charge in [0.05, 0.1) is 17.1 Å². The van der Waals surface area contributed by atoms with Crippen molar-refractivity contribution in [2.75, 3.05) is 5.75 Å². The number of phenolic OH excluding ortho intramolecular Hbond substituents is 1. The van der Waals surface area contributed by atoms with Crippen molar-refractivity contribution in [2.45, 2.75) is 12.8 Å². The summed E-state index contributed by atoms with van der Waals surface area (Å²) in [5.41, 5.74) is 2.27. The quantitative estimate of drug-likeness (QED) is 0.627. The van der Waals surface area contributed by atoms with Crippen LogP contribution in [0.3, 0.4) is 0 Å². The van der Waals surface area contributed by atoms with E-state index < -0.39 is 10.1 Å². The van der Waals surface area contributed by atoms with Crippen molar-refractivity contribution in [3.8, 4) is 5.75 Å². The topological polar surface area (TPSA) is 99.3 Å². The molecule has 0 fully saturated rings. The zero-order chi connectivity index (χ0) is 16.0. The summed E-state index contributed by atoms with van der Waals surface area (Å²) in [6, 6.07) is 13.6. The number of azo groups is 1. The molecule has 7 heteroatoms. The van der Waals surface area contributed by atoms with Crippen LogP contribution in [0.2, 0.25) is 0 Å². The summed E-state index contributed by atoms with van der Waals surface area (Å²) >= 11 is 0. The molecular weight excluding hydrogens is 304 g/mol.